The van der Waals surface area contributed by atoms with E-state index in [2.05, 4.69) is 65.6 Å². The molecular formula is C19H21N3. The van der Waals surface area contributed by atoms with Gasteiger partial charge in [0.15, 0.2) is 0 Å². The molecule has 112 valence electrons. The standard InChI is InChI=1S/C19H21N3/c1-3-22(2)14-15-7-6-9-17(13-15)20-19-12-11-16-8-4-5-10-18(16)21-19/h4-13H,3,14H2,1-2H3,(H,20,21). The Bertz CT molecular complexity index is 767. The Morgan fingerprint density at radius 1 is 1.00 bits per heavy atom. The summed E-state index contributed by atoms with van der Waals surface area (Å²) in [6, 6.07) is 20.8. The van der Waals surface area contributed by atoms with Crippen molar-refractivity contribution in [2.24, 2.45) is 0 Å². The first-order valence-corrected chi connectivity index (χ1v) is 7.65. The zero-order chi connectivity index (χ0) is 15.4. The molecule has 0 radical (unpaired) electrons. The van der Waals surface area contributed by atoms with Crippen LogP contribution in [0.5, 0.6) is 0 Å². The van der Waals surface area contributed by atoms with Gasteiger partial charge in [-0.05, 0) is 49.5 Å². The SMILES string of the molecule is CCN(C)Cc1cccc(Nc2ccc3ccccc3n2)c1. The number of para-hydroxylation sites is 1. The van der Waals surface area contributed by atoms with Crippen LogP contribution < -0.4 is 5.32 Å². The van der Waals surface area contributed by atoms with Crippen LogP contribution in [0.2, 0.25) is 0 Å². The van der Waals surface area contributed by atoms with Crippen LogP contribution in [0, 0.1) is 0 Å². The van der Waals surface area contributed by atoms with E-state index >= 15 is 0 Å². The first kappa shape index (κ1) is 14.5. The molecule has 0 amide bonds. The Morgan fingerprint density at radius 2 is 1.86 bits per heavy atom. The Hall–Kier alpha value is -2.39. The molecule has 0 bridgehead atoms. The van der Waals surface area contributed by atoms with Crippen LogP contribution in [0.15, 0.2) is 60.7 Å². The number of hydrogen-bond acceptors (Lipinski definition) is 3. The van der Waals surface area contributed by atoms with Gasteiger partial charge in [0.25, 0.3) is 0 Å². The van der Waals surface area contributed by atoms with Gasteiger partial charge in [-0.2, -0.15) is 0 Å². The lowest BCUT2D eigenvalue weighted by molar-refractivity contribution is 0.346. The molecule has 3 heteroatoms. The lowest BCUT2D eigenvalue weighted by Gasteiger charge is -2.15. The maximum Gasteiger partial charge on any atom is 0.131 e. The van der Waals surface area contributed by atoms with E-state index in [-0.39, 0.29) is 0 Å². The number of anilines is 2. The number of pyridine rings is 1. The fourth-order valence-corrected chi connectivity index (χ4v) is 2.45. The molecule has 0 atom stereocenters. The average molecular weight is 291 g/mol. The highest BCUT2D eigenvalue weighted by molar-refractivity contribution is 5.80. The summed E-state index contributed by atoms with van der Waals surface area (Å²) in [6.45, 7) is 4.17. The quantitative estimate of drug-likeness (QED) is 0.753. The molecule has 1 N–H and O–H groups in total. The minimum atomic E-state index is 0.875. The summed E-state index contributed by atoms with van der Waals surface area (Å²) in [5.74, 6) is 0.875. The fraction of sp³-hybridized carbons (Fsp3) is 0.211. The normalized spacial score (nSPS) is 11.0. The molecule has 0 aliphatic heterocycles. The van der Waals surface area contributed by atoms with E-state index in [4.69, 9.17) is 0 Å². The van der Waals surface area contributed by atoms with Gasteiger partial charge >= 0.3 is 0 Å². The summed E-state index contributed by atoms with van der Waals surface area (Å²) in [6.07, 6.45) is 0. The second-order valence-electron chi connectivity index (χ2n) is 5.54. The molecule has 1 heterocycles. The lowest BCUT2D eigenvalue weighted by Crippen LogP contribution is -2.16. The van der Waals surface area contributed by atoms with Gasteiger partial charge in [0.1, 0.15) is 5.82 Å². The van der Waals surface area contributed by atoms with Crippen LogP contribution in [0.1, 0.15) is 12.5 Å². The van der Waals surface area contributed by atoms with Crippen LogP contribution in [0.3, 0.4) is 0 Å². The highest BCUT2D eigenvalue weighted by Gasteiger charge is 2.02. The molecule has 22 heavy (non-hydrogen) atoms. The second-order valence-corrected chi connectivity index (χ2v) is 5.54. The molecule has 3 aromatic rings. The Labute approximate surface area is 131 Å². The van der Waals surface area contributed by atoms with Crippen LogP contribution in [-0.4, -0.2) is 23.5 Å². The lowest BCUT2D eigenvalue weighted by atomic mass is 10.2. The Balaban J connectivity index is 1.80. The van der Waals surface area contributed by atoms with Crippen LogP contribution in [0.25, 0.3) is 10.9 Å². The molecule has 0 spiro atoms. The minimum Gasteiger partial charge on any atom is -0.340 e. The first-order chi connectivity index (χ1) is 10.7. The van der Waals surface area contributed by atoms with Crippen LogP contribution in [0.4, 0.5) is 11.5 Å². The van der Waals surface area contributed by atoms with Crippen molar-refractivity contribution < 1.29 is 0 Å². The zero-order valence-corrected chi connectivity index (χ0v) is 13.1. The van der Waals surface area contributed by atoms with Crippen molar-refractivity contribution in [3.05, 3.63) is 66.2 Å². The average Bonchev–Trinajstić information content (AvgIpc) is 2.55. The molecule has 0 saturated heterocycles. The van der Waals surface area contributed by atoms with Gasteiger partial charge in [-0.15, -0.1) is 0 Å². The molecule has 3 rings (SSSR count). The first-order valence-electron chi connectivity index (χ1n) is 7.65. The molecule has 0 unspecified atom stereocenters. The molecule has 0 aliphatic carbocycles. The number of hydrogen-bond donors (Lipinski definition) is 1. The predicted octanol–water partition coefficient (Wildman–Crippen LogP) is 4.43. The second kappa shape index (κ2) is 6.58. The molecule has 1 aromatic heterocycles. The summed E-state index contributed by atoms with van der Waals surface area (Å²) in [7, 11) is 2.13. The summed E-state index contributed by atoms with van der Waals surface area (Å²) in [5.41, 5.74) is 3.38. The van der Waals surface area contributed by atoms with E-state index in [9.17, 15) is 0 Å². The van der Waals surface area contributed by atoms with E-state index < -0.39 is 0 Å². The number of nitrogens with zero attached hydrogens (tertiary/aromatic N) is 2. The third-order valence-corrected chi connectivity index (χ3v) is 3.79. The van der Waals surface area contributed by atoms with Crippen molar-refractivity contribution in [3.8, 4) is 0 Å². The summed E-state index contributed by atoms with van der Waals surface area (Å²) < 4.78 is 0. The van der Waals surface area contributed by atoms with Crippen LogP contribution >= 0.6 is 0 Å². The van der Waals surface area contributed by atoms with Crippen molar-refractivity contribution in [3.63, 3.8) is 0 Å². The third-order valence-electron chi connectivity index (χ3n) is 3.79. The van der Waals surface area contributed by atoms with Gasteiger partial charge in [-0.3, -0.25) is 0 Å². The maximum atomic E-state index is 4.66. The van der Waals surface area contributed by atoms with Crippen molar-refractivity contribution in [1.82, 2.24) is 9.88 Å². The highest BCUT2D eigenvalue weighted by atomic mass is 15.1. The minimum absolute atomic E-state index is 0.875. The van der Waals surface area contributed by atoms with E-state index in [0.717, 1.165) is 35.5 Å². The Kier molecular flexibility index (Phi) is 4.35. The number of nitrogens with one attached hydrogen (secondary N) is 1. The van der Waals surface area contributed by atoms with Crippen molar-refractivity contribution in [2.45, 2.75) is 13.5 Å². The van der Waals surface area contributed by atoms with Crippen molar-refractivity contribution >= 4 is 22.4 Å². The van der Waals surface area contributed by atoms with Gasteiger partial charge in [-0.25, -0.2) is 4.98 Å². The smallest absolute Gasteiger partial charge is 0.131 e. The maximum absolute atomic E-state index is 4.66. The summed E-state index contributed by atoms with van der Waals surface area (Å²) >= 11 is 0. The molecule has 0 fully saturated rings. The summed E-state index contributed by atoms with van der Waals surface area (Å²) in [4.78, 5) is 6.94. The van der Waals surface area contributed by atoms with Gasteiger partial charge < -0.3 is 10.2 Å². The summed E-state index contributed by atoms with van der Waals surface area (Å²) in [5, 5.41) is 4.56. The predicted molar refractivity (Wildman–Crippen MR) is 93.5 cm³/mol. The zero-order valence-electron chi connectivity index (χ0n) is 13.1. The monoisotopic (exact) mass is 291 g/mol. The van der Waals surface area contributed by atoms with E-state index in [1.165, 1.54) is 5.56 Å². The van der Waals surface area contributed by atoms with Crippen LogP contribution in [-0.2, 0) is 6.54 Å². The van der Waals surface area contributed by atoms with Gasteiger partial charge in [0, 0.05) is 17.6 Å². The fourth-order valence-electron chi connectivity index (χ4n) is 2.45. The van der Waals surface area contributed by atoms with E-state index in [0.29, 0.717) is 0 Å². The molecule has 2 aromatic carbocycles. The van der Waals surface area contributed by atoms with E-state index in [1.807, 2.05) is 24.3 Å². The topological polar surface area (TPSA) is 28.2 Å². The molecule has 0 aliphatic rings. The Morgan fingerprint density at radius 3 is 2.73 bits per heavy atom. The molecule has 3 nitrogen and oxygen atoms in total. The van der Waals surface area contributed by atoms with Gasteiger partial charge in [0.05, 0.1) is 5.52 Å². The molecule has 0 saturated carbocycles. The third kappa shape index (κ3) is 3.43. The number of aromatic nitrogens is 1. The van der Waals surface area contributed by atoms with Crippen molar-refractivity contribution in [1.29, 1.82) is 0 Å². The molecular weight excluding hydrogens is 270 g/mol. The van der Waals surface area contributed by atoms with Gasteiger partial charge in [0.2, 0.25) is 0 Å². The largest absolute Gasteiger partial charge is 0.340 e. The van der Waals surface area contributed by atoms with E-state index in [1.54, 1.807) is 0 Å². The van der Waals surface area contributed by atoms with Gasteiger partial charge in [-0.1, -0.05) is 37.3 Å². The van der Waals surface area contributed by atoms with Crippen molar-refractivity contribution in [2.75, 3.05) is 18.9 Å². The number of rotatable bonds is 5. The number of benzene rings is 2. The highest BCUT2D eigenvalue weighted by Crippen LogP contribution is 2.20. The number of fused-ring (bicyclic) bond motifs is 1.